The number of aromatic nitrogens is 1. The highest BCUT2D eigenvalue weighted by molar-refractivity contribution is 6.30. The fourth-order valence-electron chi connectivity index (χ4n) is 4.75. The summed E-state index contributed by atoms with van der Waals surface area (Å²) < 4.78 is 5.42. The minimum atomic E-state index is -0.461. The SMILES string of the molecule is COc1ccc2[nH]c3c(c2c1)CCN([C@@H]1CC(=O)N(C)C1=O)[C@H]3c1ccc(Cl)cc1. The molecular formula is C23H22ClN3O3. The minimum Gasteiger partial charge on any atom is -0.497 e. The van der Waals surface area contributed by atoms with Crippen LogP contribution in [0.4, 0.5) is 0 Å². The average Bonchev–Trinajstić information content (AvgIpc) is 3.25. The van der Waals surface area contributed by atoms with E-state index in [1.54, 1.807) is 14.2 Å². The number of hydrogen-bond acceptors (Lipinski definition) is 4. The van der Waals surface area contributed by atoms with Gasteiger partial charge in [-0.25, -0.2) is 0 Å². The number of imide groups is 1. The number of hydrogen-bond donors (Lipinski definition) is 1. The normalized spacial score (nSPS) is 22.0. The molecule has 2 aliphatic heterocycles. The first-order valence-electron chi connectivity index (χ1n) is 9.98. The Labute approximate surface area is 179 Å². The van der Waals surface area contributed by atoms with E-state index in [1.165, 1.54) is 10.5 Å². The van der Waals surface area contributed by atoms with Gasteiger partial charge in [-0.15, -0.1) is 0 Å². The molecule has 0 unspecified atom stereocenters. The predicted molar refractivity (Wildman–Crippen MR) is 115 cm³/mol. The number of carbonyl (C=O) groups is 2. The predicted octanol–water partition coefficient (Wildman–Crippen LogP) is 3.53. The zero-order valence-electron chi connectivity index (χ0n) is 16.8. The van der Waals surface area contributed by atoms with Crippen LogP contribution in [0.5, 0.6) is 5.75 Å². The van der Waals surface area contributed by atoms with Gasteiger partial charge in [0.05, 0.1) is 25.6 Å². The van der Waals surface area contributed by atoms with Gasteiger partial charge in [0.25, 0.3) is 0 Å². The van der Waals surface area contributed by atoms with Gasteiger partial charge in [-0.2, -0.15) is 0 Å². The van der Waals surface area contributed by atoms with Crippen LogP contribution < -0.4 is 4.74 Å². The van der Waals surface area contributed by atoms with Crippen molar-refractivity contribution in [1.82, 2.24) is 14.8 Å². The van der Waals surface area contributed by atoms with Crippen molar-refractivity contribution in [3.8, 4) is 5.75 Å². The Morgan fingerprint density at radius 1 is 1.13 bits per heavy atom. The number of aromatic amines is 1. The number of halogens is 1. The number of H-pyrrole nitrogens is 1. The number of methoxy groups -OCH3 is 1. The summed E-state index contributed by atoms with van der Waals surface area (Å²) in [6, 6.07) is 13.1. The zero-order chi connectivity index (χ0) is 21.0. The van der Waals surface area contributed by atoms with Gasteiger partial charge in [-0.05, 0) is 47.9 Å². The fourth-order valence-corrected chi connectivity index (χ4v) is 4.87. The van der Waals surface area contributed by atoms with Crippen LogP contribution in [0.2, 0.25) is 5.02 Å². The Morgan fingerprint density at radius 3 is 2.57 bits per heavy atom. The summed E-state index contributed by atoms with van der Waals surface area (Å²) in [4.78, 5) is 32.0. The summed E-state index contributed by atoms with van der Waals surface area (Å²) in [6.45, 7) is 0.683. The number of nitrogens with one attached hydrogen (secondary N) is 1. The van der Waals surface area contributed by atoms with E-state index in [9.17, 15) is 9.59 Å². The van der Waals surface area contributed by atoms with E-state index < -0.39 is 6.04 Å². The summed E-state index contributed by atoms with van der Waals surface area (Å²) in [7, 11) is 3.23. The van der Waals surface area contributed by atoms with E-state index in [2.05, 4.69) is 16.0 Å². The lowest BCUT2D eigenvalue weighted by atomic mass is 9.90. The second kappa shape index (κ2) is 7.15. The van der Waals surface area contributed by atoms with Crippen molar-refractivity contribution < 1.29 is 14.3 Å². The number of amides is 2. The van der Waals surface area contributed by atoms with Gasteiger partial charge in [0.1, 0.15) is 5.75 Å². The average molecular weight is 424 g/mol. The molecule has 0 radical (unpaired) electrons. The standard InChI is InChI=1S/C23H22ClN3O3/c1-26-20(28)12-19(23(26)29)27-10-9-16-17-11-15(30-2)7-8-18(17)25-21(16)22(27)13-3-5-14(24)6-4-13/h3-8,11,19,22,25H,9-10,12H2,1-2H3/t19-,22+/m1/s1. The Bertz CT molecular complexity index is 1150. The van der Waals surface area contributed by atoms with Crippen LogP contribution in [0, 0.1) is 0 Å². The summed E-state index contributed by atoms with van der Waals surface area (Å²) in [5, 5.41) is 1.79. The van der Waals surface area contributed by atoms with Crippen LogP contribution in [0.3, 0.4) is 0 Å². The van der Waals surface area contributed by atoms with Crippen LogP contribution in [-0.4, -0.2) is 53.3 Å². The van der Waals surface area contributed by atoms with Gasteiger partial charge in [0.15, 0.2) is 0 Å². The van der Waals surface area contributed by atoms with Crippen LogP contribution in [-0.2, 0) is 16.0 Å². The van der Waals surface area contributed by atoms with E-state index in [4.69, 9.17) is 16.3 Å². The summed E-state index contributed by atoms with van der Waals surface area (Å²) >= 11 is 6.13. The molecule has 2 aromatic carbocycles. The number of likely N-dealkylation sites (tertiary alicyclic amines) is 1. The Morgan fingerprint density at radius 2 is 1.90 bits per heavy atom. The van der Waals surface area contributed by atoms with Crippen LogP contribution >= 0.6 is 11.6 Å². The van der Waals surface area contributed by atoms with Crippen molar-refractivity contribution in [1.29, 1.82) is 0 Å². The molecule has 1 aromatic heterocycles. The Kier molecular flexibility index (Phi) is 4.56. The molecule has 1 saturated heterocycles. The quantitative estimate of drug-likeness (QED) is 0.654. The second-order valence-corrected chi connectivity index (χ2v) is 8.32. The Hall–Kier alpha value is -2.83. The first kappa shape index (κ1) is 19.2. The molecule has 7 heteroatoms. The summed E-state index contributed by atoms with van der Waals surface area (Å²) in [6.07, 6.45) is 0.997. The lowest BCUT2D eigenvalue weighted by Gasteiger charge is -2.39. The largest absolute Gasteiger partial charge is 0.497 e. The first-order chi connectivity index (χ1) is 14.5. The van der Waals surface area contributed by atoms with E-state index in [0.29, 0.717) is 11.6 Å². The monoisotopic (exact) mass is 423 g/mol. The molecule has 3 aromatic rings. The first-order valence-corrected chi connectivity index (χ1v) is 10.4. The number of fused-ring (bicyclic) bond motifs is 3. The van der Waals surface area contributed by atoms with Gasteiger partial charge in [-0.3, -0.25) is 19.4 Å². The van der Waals surface area contributed by atoms with Crippen molar-refractivity contribution in [3.63, 3.8) is 0 Å². The second-order valence-electron chi connectivity index (χ2n) is 7.88. The van der Waals surface area contributed by atoms with E-state index in [-0.39, 0.29) is 24.3 Å². The molecular weight excluding hydrogens is 402 g/mol. The lowest BCUT2D eigenvalue weighted by molar-refractivity contribution is -0.138. The maximum Gasteiger partial charge on any atom is 0.246 e. The smallest absolute Gasteiger partial charge is 0.246 e. The lowest BCUT2D eigenvalue weighted by Crippen LogP contribution is -2.46. The molecule has 0 bridgehead atoms. The molecule has 0 spiro atoms. The van der Waals surface area contributed by atoms with Crippen LogP contribution in [0.15, 0.2) is 42.5 Å². The molecule has 5 rings (SSSR count). The van der Waals surface area contributed by atoms with Crippen LogP contribution in [0.25, 0.3) is 10.9 Å². The molecule has 1 fully saturated rings. The van der Waals surface area contributed by atoms with Crippen molar-refractivity contribution in [3.05, 3.63) is 64.3 Å². The third-order valence-electron chi connectivity index (χ3n) is 6.32. The van der Waals surface area contributed by atoms with Crippen molar-refractivity contribution in [2.75, 3.05) is 20.7 Å². The number of likely N-dealkylation sites (N-methyl/N-ethyl adjacent to an activating group) is 1. The fraction of sp³-hybridized carbons (Fsp3) is 0.304. The molecule has 3 heterocycles. The third-order valence-corrected chi connectivity index (χ3v) is 6.57. The van der Waals surface area contributed by atoms with Crippen LogP contribution in [0.1, 0.15) is 29.3 Å². The molecule has 2 atom stereocenters. The maximum atomic E-state index is 12.8. The molecule has 0 aliphatic carbocycles. The van der Waals surface area contributed by atoms with Gasteiger partial charge in [0, 0.05) is 35.2 Å². The van der Waals surface area contributed by atoms with Gasteiger partial charge < -0.3 is 9.72 Å². The molecule has 30 heavy (non-hydrogen) atoms. The molecule has 154 valence electrons. The molecule has 6 nitrogen and oxygen atoms in total. The van der Waals surface area contributed by atoms with Crippen molar-refractivity contribution >= 4 is 34.3 Å². The highest BCUT2D eigenvalue weighted by Crippen LogP contribution is 2.41. The number of rotatable bonds is 3. The molecule has 2 aliphatic rings. The molecule has 0 saturated carbocycles. The number of ether oxygens (including phenoxy) is 1. The minimum absolute atomic E-state index is 0.132. The zero-order valence-corrected chi connectivity index (χ0v) is 17.6. The number of carbonyl (C=O) groups excluding carboxylic acids is 2. The Balaban J connectivity index is 1.66. The number of benzene rings is 2. The van der Waals surface area contributed by atoms with E-state index in [1.807, 2.05) is 36.4 Å². The van der Waals surface area contributed by atoms with Gasteiger partial charge in [0.2, 0.25) is 11.8 Å². The third kappa shape index (κ3) is 2.90. The molecule has 1 N–H and O–H groups in total. The highest BCUT2D eigenvalue weighted by Gasteiger charge is 2.45. The highest BCUT2D eigenvalue weighted by atomic mass is 35.5. The summed E-state index contributed by atoms with van der Waals surface area (Å²) in [5.74, 6) is 0.542. The maximum absolute atomic E-state index is 12.8. The van der Waals surface area contributed by atoms with Gasteiger partial charge in [-0.1, -0.05) is 23.7 Å². The van der Waals surface area contributed by atoms with E-state index >= 15 is 0 Å². The van der Waals surface area contributed by atoms with E-state index in [0.717, 1.165) is 34.3 Å². The number of nitrogens with zero attached hydrogens (tertiary/aromatic N) is 2. The van der Waals surface area contributed by atoms with Crippen molar-refractivity contribution in [2.24, 2.45) is 0 Å². The summed E-state index contributed by atoms with van der Waals surface area (Å²) in [5.41, 5.74) is 4.35. The topological polar surface area (TPSA) is 65.6 Å². The van der Waals surface area contributed by atoms with Crippen molar-refractivity contribution in [2.45, 2.75) is 24.9 Å². The van der Waals surface area contributed by atoms with Gasteiger partial charge >= 0.3 is 0 Å². The molecule has 2 amide bonds.